The Balaban J connectivity index is 1.23. The van der Waals surface area contributed by atoms with Crippen LogP contribution in [0.4, 0.5) is 0 Å². The molecule has 3 atom stereocenters. The summed E-state index contributed by atoms with van der Waals surface area (Å²) >= 11 is 0. The third-order valence-electron chi connectivity index (χ3n) is 5.53. The van der Waals surface area contributed by atoms with Gasteiger partial charge in [0.05, 0.1) is 0 Å². The fraction of sp³-hybridized carbons (Fsp3) is 0.933. The molecule has 2 saturated heterocycles. The molecule has 2 heterocycles. The largest absolute Gasteiger partial charge is 0.343 e. The molecule has 1 unspecified atom stereocenters. The minimum atomic E-state index is 0.445. The first-order valence-corrected chi connectivity index (χ1v) is 7.81. The molecule has 18 heavy (non-hydrogen) atoms. The first-order chi connectivity index (χ1) is 8.81. The SMILES string of the molecule is O=C(CC1[C@H]2CN(CC3CC3)C[C@@H]12)N1CCCC1. The van der Waals surface area contributed by atoms with Crippen LogP contribution in [0.15, 0.2) is 0 Å². The van der Waals surface area contributed by atoms with Crippen LogP contribution in [-0.2, 0) is 4.79 Å². The van der Waals surface area contributed by atoms with Crippen LogP contribution in [0, 0.1) is 23.7 Å². The highest BCUT2D eigenvalue weighted by atomic mass is 16.2. The topological polar surface area (TPSA) is 23.6 Å². The summed E-state index contributed by atoms with van der Waals surface area (Å²) in [5.74, 6) is 3.95. The van der Waals surface area contributed by atoms with Crippen LogP contribution in [0.25, 0.3) is 0 Å². The van der Waals surface area contributed by atoms with Crippen molar-refractivity contribution in [2.45, 2.75) is 32.1 Å². The molecule has 1 amide bonds. The standard InChI is InChI=1S/C15H24N2O/c18-15(17-5-1-2-6-17)7-12-13-9-16(10-14(12)13)8-11-3-4-11/h11-14H,1-10H2/t12?,13-,14+. The van der Waals surface area contributed by atoms with Crippen LogP contribution in [0.1, 0.15) is 32.1 Å². The lowest BCUT2D eigenvalue weighted by molar-refractivity contribution is -0.130. The van der Waals surface area contributed by atoms with Crippen molar-refractivity contribution in [3.63, 3.8) is 0 Å². The van der Waals surface area contributed by atoms with Gasteiger partial charge in [-0.3, -0.25) is 4.79 Å². The van der Waals surface area contributed by atoms with E-state index in [1.54, 1.807) is 0 Å². The molecule has 3 nitrogen and oxygen atoms in total. The smallest absolute Gasteiger partial charge is 0.222 e. The molecule has 0 N–H and O–H groups in total. The maximum Gasteiger partial charge on any atom is 0.222 e. The average molecular weight is 248 g/mol. The van der Waals surface area contributed by atoms with Gasteiger partial charge in [0.25, 0.3) is 0 Å². The van der Waals surface area contributed by atoms with Crippen molar-refractivity contribution in [1.82, 2.24) is 9.80 Å². The van der Waals surface area contributed by atoms with E-state index in [9.17, 15) is 4.79 Å². The molecule has 4 fully saturated rings. The molecule has 0 spiro atoms. The Labute approximate surface area is 110 Å². The Hall–Kier alpha value is -0.570. The number of fused-ring (bicyclic) bond motifs is 1. The van der Waals surface area contributed by atoms with Gasteiger partial charge in [-0.25, -0.2) is 0 Å². The van der Waals surface area contributed by atoms with E-state index in [-0.39, 0.29) is 0 Å². The Morgan fingerprint density at radius 3 is 2.33 bits per heavy atom. The summed E-state index contributed by atoms with van der Waals surface area (Å²) in [6.45, 7) is 5.97. The Morgan fingerprint density at radius 2 is 1.72 bits per heavy atom. The Morgan fingerprint density at radius 1 is 1.06 bits per heavy atom. The van der Waals surface area contributed by atoms with Gasteiger partial charge in [-0.05, 0) is 49.4 Å². The molecule has 0 aromatic heterocycles. The first kappa shape index (κ1) is 11.3. The molecule has 0 radical (unpaired) electrons. The quantitative estimate of drug-likeness (QED) is 0.754. The molecule has 4 rings (SSSR count). The molecule has 3 heteroatoms. The highest BCUT2D eigenvalue weighted by molar-refractivity contribution is 5.77. The van der Waals surface area contributed by atoms with Crippen LogP contribution >= 0.6 is 0 Å². The van der Waals surface area contributed by atoms with Gasteiger partial charge in [0.15, 0.2) is 0 Å². The highest BCUT2D eigenvalue weighted by Crippen LogP contribution is 2.54. The van der Waals surface area contributed by atoms with Crippen molar-refractivity contribution in [3.05, 3.63) is 0 Å². The van der Waals surface area contributed by atoms with E-state index >= 15 is 0 Å². The van der Waals surface area contributed by atoms with Gasteiger partial charge in [0.1, 0.15) is 0 Å². The molecule has 2 aliphatic heterocycles. The molecule has 100 valence electrons. The lowest BCUT2D eigenvalue weighted by Crippen LogP contribution is -2.30. The average Bonchev–Trinajstić information content (AvgIpc) is 3.12. The van der Waals surface area contributed by atoms with Crippen molar-refractivity contribution in [3.8, 4) is 0 Å². The van der Waals surface area contributed by atoms with Crippen molar-refractivity contribution in [1.29, 1.82) is 0 Å². The maximum atomic E-state index is 12.1. The fourth-order valence-corrected chi connectivity index (χ4v) is 4.15. The lowest BCUT2D eigenvalue weighted by atomic mass is 10.1. The third kappa shape index (κ3) is 2.07. The number of nitrogens with zero attached hydrogens (tertiary/aromatic N) is 2. The molecule has 4 aliphatic rings. The van der Waals surface area contributed by atoms with Gasteiger partial charge < -0.3 is 9.80 Å². The molecule has 0 aromatic rings. The van der Waals surface area contributed by atoms with Gasteiger partial charge in [-0.15, -0.1) is 0 Å². The minimum Gasteiger partial charge on any atom is -0.343 e. The summed E-state index contributed by atoms with van der Waals surface area (Å²) in [5.41, 5.74) is 0. The van der Waals surface area contributed by atoms with E-state index in [2.05, 4.69) is 9.80 Å². The molecule has 2 aliphatic carbocycles. The molecular weight excluding hydrogens is 224 g/mol. The van der Waals surface area contributed by atoms with E-state index < -0.39 is 0 Å². The van der Waals surface area contributed by atoms with E-state index in [1.165, 1.54) is 45.3 Å². The predicted octanol–water partition coefficient (Wildman–Crippen LogP) is 1.59. The van der Waals surface area contributed by atoms with Gasteiger partial charge in [-0.2, -0.15) is 0 Å². The monoisotopic (exact) mass is 248 g/mol. The highest BCUT2D eigenvalue weighted by Gasteiger charge is 2.56. The normalized spacial score (nSPS) is 39.1. The van der Waals surface area contributed by atoms with Crippen LogP contribution in [0.2, 0.25) is 0 Å². The first-order valence-electron chi connectivity index (χ1n) is 7.81. The molecule has 0 bridgehead atoms. The zero-order valence-electron chi connectivity index (χ0n) is 11.2. The number of carbonyl (C=O) groups is 1. The number of piperidine rings is 1. The lowest BCUT2D eigenvalue weighted by Gasteiger charge is -2.20. The molecule has 2 saturated carbocycles. The number of carbonyl (C=O) groups excluding carboxylic acids is 1. The second kappa shape index (κ2) is 4.22. The molecule has 0 aromatic carbocycles. The van der Waals surface area contributed by atoms with E-state index in [1.807, 2.05) is 0 Å². The Kier molecular flexibility index (Phi) is 2.65. The second-order valence-corrected chi connectivity index (χ2v) is 6.95. The number of rotatable bonds is 4. The van der Waals surface area contributed by atoms with Crippen molar-refractivity contribution in [2.75, 3.05) is 32.7 Å². The zero-order valence-corrected chi connectivity index (χ0v) is 11.2. The van der Waals surface area contributed by atoms with Crippen LogP contribution in [0.5, 0.6) is 0 Å². The van der Waals surface area contributed by atoms with Crippen molar-refractivity contribution < 1.29 is 4.79 Å². The second-order valence-electron chi connectivity index (χ2n) is 6.95. The van der Waals surface area contributed by atoms with Crippen LogP contribution in [0.3, 0.4) is 0 Å². The van der Waals surface area contributed by atoms with Crippen molar-refractivity contribution in [2.24, 2.45) is 23.7 Å². The summed E-state index contributed by atoms with van der Waals surface area (Å²) in [4.78, 5) is 16.9. The van der Waals surface area contributed by atoms with Gasteiger partial charge in [-0.1, -0.05) is 0 Å². The number of likely N-dealkylation sites (tertiary alicyclic amines) is 2. The molecular formula is C15H24N2O. The third-order valence-corrected chi connectivity index (χ3v) is 5.53. The number of amides is 1. The van der Waals surface area contributed by atoms with E-state index in [4.69, 9.17) is 0 Å². The van der Waals surface area contributed by atoms with Crippen LogP contribution < -0.4 is 0 Å². The van der Waals surface area contributed by atoms with Gasteiger partial charge in [0.2, 0.25) is 5.91 Å². The summed E-state index contributed by atoms with van der Waals surface area (Å²) in [7, 11) is 0. The number of hydrogen-bond donors (Lipinski definition) is 0. The van der Waals surface area contributed by atoms with E-state index in [0.717, 1.165) is 43.2 Å². The summed E-state index contributed by atoms with van der Waals surface area (Å²) < 4.78 is 0. The fourth-order valence-electron chi connectivity index (χ4n) is 4.15. The zero-order chi connectivity index (χ0) is 12.1. The van der Waals surface area contributed by atoms with E-state index in [0.29, 0.717) is 5.91 Å². The Bertz CT molecular complexity index is 334. The summed E-state index contributed by atoms with van der Waals surface area (Å²) in [6, 6.07) is 0. The summed E-state index contributed by atoms with van der Waals surface area (Å²) in [5, 5.41) is 0. The number of hydrogen-bond acceptors (Lipinski definition) is 2. The van der Waals surface area contributed by atoms with Crippen molar-refractivity contribution >= 4 is 5.91 Å². The maximum absolute atomic E-state index is 12.1. The predicted molar refractivity (Wildman–Crippen MR) is 70.1 cm³/mol. The van der Waals surface area contributed by atoms with Gasteiger partial charge >= 0.3 is 0 Å². The van der Waals surface area contributed by atoms with Crippen LogP contribution in [-0.4, -0.2) is 48.4 Å². The summed E-state index contributed by atoms with van der Waals surface area (Å²) in [6.07, 6.45) is 6.22. The van der Waals surface area contributed by atoms with Gasteiger partial charge in [0, 0.05) is 39.1 Å². The minimum absolute atomic E-state index is 0.445.